The zero-order valence-corrected chi connectivity index (χ0v) is 9.74. The third-order valence-corrected chi connectivity index (χ3v) is 2.48. The van der Waals surface area contributed by atoms with Crippen LogP contribution in [0.5, 0.6) is 0 Å². The maximum absolute atomic E-state index is 12.7. The molecule has 1 aromatic rings. The molecule has 0 saturated carbocycles. The minimum absolute atomic E-state index is 0.0115. The molecule has 0 heterocycles. The Bertz CT molecular complexity index is 351. The van der Waals surface area contributed by atoms with E-state index in [0.29, 0.717) is 12.2 Å². The summed E-state index contributed by atoms with van der Waals surface area (Å²) in [6.07, 6.45) is 0. The summed E-state index contributed by atoms with van der Waals surface area (Å²) in [5.41, 5.74) is 0.479. The first-order valence-corrected chi connectivity index (χ1v) is 5.08. The first-order chi connectivity index (χ1) is 7.56. The third-order valence-electron chi connectivity index (χ3n) is 2.48. The van der Waals surface area contributed by atoms with Gasteiger partial charge in [-0.05, 0) is 31.2 Å². The molecule has 0 fully saturated rings. The number of rotatable bonds is 4. The molecule has 0 saturated heterocycles. The molecule has 3 nitrogen and oxygen atoms in total. The van der Waals surface area contributed by atoms with Crippen molar-refractivity contribution in [3.05, 3.63) is 35.6 Å². The van der Waals surface area contributed by atoms with Gasteiger partial charge in [-0.2, -0.15) is 0 Å². The lowest BCUT2D eigenvalue weighted by Crippen LogP contribution is -2.37. The van der Waals surface area contributed by atoms with Crippen molar-refractivity contribution < 1.29 is 13.9 Å². The first kappa shape index (κ1) is 12.6. The lowest BCUT2D eigenvalue weighted by molar-refractivity contribution is 0.0633. The Labute approximate surface area is 94.8 Å². The quantitative estimate of drug-likeness (QED) is 0.783. The van der Waals surface area contributed by atoms with Crippen LogP contribution >= 0.6 is 0 Å². The van der Waals surface area contributed by atoms with Gasteiger partial charge in [-0.25, -0.2) is 4.39 Å². The van der Waals surface area contributed by atoms with Gasteiger partial charge in [-0.1, -0.05) is 0 Å². The average molecular weight is 225 g/mol. The van der Waals surface area contributed by atoms with Crippen LogP contribution in [0.2, 0.25) is 0 Å². The summed E-state index contributed by atoms with van der Waals surface area (Å²) in [4.78, 5) is 13.5. The molecule has 0 radical (unpaired) electrons. The molecule has 0 N–H and O–H groups in total. The lowest BCUT2D eigenvalue weighted by Gasteiger charge is -2.24. The molecule has 0 spiro atoms. The predicted molar refractivity (Wildman–Crippen MR) is 59.8 cm³/mol. The maximum atomic E-state index is 12.7. The average Bonchev–Trinajstić information content (AvgIpc) is 2.28. The van der Waals surface area contributed by atoms with Crippen LogP contribution in [0.4, 0.5) is 4.39 Å². The molecule has 1 unspecified atom stereocenters. The van der Waals surface area contributed by atoms with Crippen LogP contribution in [-0.2, 0) is 4.74 Å². The number of benzene rings is 1. The number of halogens is 1. The van der Waals surface area contributed by atoms with E-state index in [9.17, 15) is 9.18 Å². The Morgan fingerprint density at radius 2 is 2.00 bits per heavy atom. The molecule has 1 aromatic carbocycles. The van der Waals surface area contributed by atoms with E-state index < -0.39 is 0 Å². The van der Waals surface area contributed by atoms with Gasteiger partial charge in [0.15, 0.2) is 0 Å². The van der Waals surface area contributed by atoms with Crippen LogP contribution in [0.15, 0.2) is 24.3 Å². The van der Waals surface area contributed by atoms with Crippen LogP contribution in [0, 0.1) is 5.82 Å². The van der Waals surface area contributed by atoms with E-state index in [-0.39, 0.29) is 17.8 Å². The zero-order chi connectivity index (χ0) is 12.1. The monoisotopic (exact) mass is 225 g/mol. The fourth-order valence-electron chi connectivity index (χ4n) is 1.35. The number of hydrogen-bond acceptors (Lipinski definition) is 2. The van der Waals surface area contributed by atoms with Crippen molar-refractivity contribution in [1.29, 1.82) is 0 Å². The summed E-state index contributed by atoms with van der Waals surface area (Å²) in [6.45, 7) is 2.37. The van der Waals surface area contributed by atoms with E-state index in [1.165, 1.54) is 24.3 Å². The molecule has 0 aliphatic carbocycles. The SMILES string of the molecule is COCC(C)N(C)C(=O)c1ccc(F)cc1. The van der Waals surface area contributed by atoms with Gasteiger partial charge in [0.2, 0.25) is 0 Å². The summed E-state index contributed by atoms with van der Waals surface area (Å²) in [7, 11) is 3.29. The molecular weight excluding hydrogens is 209 g/mol. The lowest BCUT2D eigenvalue weighted by atomic mass is 10.2. The van der Waals surface area contributed by atoms with Crippen molar-refractivity contribution in [2.75, 3.05) is 20.8 Å². The van der Waals surface area contributed by atoms with Crippen LogP contribution < -0.4 is 0 Å². The molecule has 1 amide bonds. The van der Waals surface area contributed by atoms with Crippen LogP contribution in [0.1, 0.15) is 17.3 Å². The topological polar surface area (TPSA) is 29.5 Å². The number of nitrogens with zero attached hydrogens (tertiary/aromatic N) is 1. The van der Waals surface area contributed by atoms with Gasteiger partial charge in [0.05, 0.1) is 12.6 Å². The molecule has 4 heteroatoms. The van der Waals surface area contributed by atoms with E-state index in [4.69, 9.17) is 4.74 Å². The molecule has 0 aliphatic rings. The van der Waals surface area contributed by atoms with Gasteiger partial charge in [-0.3, -0.25) is 4.79 Å². The smallest absolute Gasteiger partial charge is 0.253 e. The van der Waals surface area contributed by atoms with Gasteiger partial charge in [0, 0.05) is 19.7 Å². The van der Waals surface area contributed by atoms with Crippen LogP contribution in [-0.4, -0.2) is 37.6 Å². The molecule has 1 rings (SSSR count). The van der Waals surface area contributed by atoms with E-state index in [2.05, 4.69) is 0 Å². The number of hydrogen-bond donors (Lipinski definition) is 0. The highest BCUT2D eigenvalue weighted by Crippen LogP contribution is 2.08. The Morgan fingerprint density at radius 3 is 2.50 bits per heavy atom. The standard InChI is InChI=1S/C12H16FNO2/c1-9(8-16-3)14(2)12(15)10-4-6-11(13)7-5-10/h4-7,9H,8H2,1-3H3. The summed E-state index contributed by atoms with van der Waals surface area (Å²) in [6, 6.07) is 5.51. The first-order valence-electron chi connectivity index (χ1n) is 5.08. The van der Waals surface area contributed by atoms with Crippen molar-refractivity contribution in [3.63, 3.8) is 0 Å². The van der Waals surface area contributed by atoms with Crippen LogP contribution in [0.25, 0.3) is 0 Å². The Hall–Kier alpha value is -1.42. The van der Waals surface area contributed by atoms with E-state index in [1.807, 2.05) is 6.92 Å². The largest absolute Gasteiger partial charge is 0.383 e. The van der Waals surface area contributed by atoms with Crippen molar-refractivity contribution in [2.45, 2.75) is 13.0 Å². The van der Waals surface area contributed by atoms with Crippen molar-refractivity contribution in [3.8, 4) is 0 Å². The number of methoxy groups -OCH3 is 1. The number of amides is 1. The van der Waals surface area contributed by atoms with E-state index in [1.54, 1.807) is 19.1 Å². The fourth-order valence-corrected chi connectivity index (χ4v) is 1.35. The Kier molecular flexibility index (Phi) is 4.43. The highest BCUT2D eigenvalue weighted by Gasteiger charge is 2.16. The fraction of sp³-hybridized carbons (Fsp3) is 0.417. The highest BCUT2D eigenvalue weighted by molar-refractivity contribution is 5.94. The summed E-state index contributed by atoms with van der Waals surface area (Å²) in [5, 5.41) is 0. The van der Waals surface area contributed by atoms with Gasteiger partial charge < -0.3 is 9.64 Å². The second kappa shape index (κ2) is 5.61. The molecule has 88 valence electrons. The van der Waals surface area contributed by atoms with Crippen molar-refractivity contribution in [2.24, 2.45) is 0 Å². The minimum atomic E-state index is -0.343. The van der Waals surface area contributed by atoms with E-state index >= 15 is 0 Å². The zero-order valence-electron chi connectivity index (χ0n) is 9.74. The highest BCUT2D eigenvalue weighted by atomic mass is 19.1. The van der Waals surface area contributed by atoms with Gasteiger partial charge in [-0.15, -0.1) is 0 Å². The minimum Gasteiger partial charge on any atom is -0.383 e. The maximum Gasteiger partial charge on any atom is 0.253 e. The number of ether oxygens (including phenoxy) is 1. The van der Waals surface area contributed by atoms with Gasteiger partial charge in [0.1, 0.15) is 5.82 Å². The number of carbonyl (C=O) groups is 1. The van der Waals surface area contributed by atoms with Crippen LogP contribution in [0.3, 0.4) is 0 Å². The third kappa shape index (κ3) is 3.03. The van der Waals surface area contributed by atoms with Crippen molar-refractivity contribution in [1.82, 2.24) is 4.90 Å². The molecular formula is C12H16FNO2. The number of likely N-dealkylation sites (N-methyl/N-ethyl adjacent to an activating group) is 1. The Balaban J connectivity index is 2.73. The van der Waals surface area contributed by atoms with Crippen molar-refractivity contribution >= 4 is 5.91 Å². The normalized spacial score (nSPS) is 12.2. The summed E-state index contributed by atoms with van der Waals surface area (Å²) >= 11 is 0. The molecule has 0 aromatic heterocycles. The second-order valence-electron chi connectivity index (χ2n) is 3.73. The predicted octanol–water partition coefficient (Wildman–Crippen LogP) is 1.93. The van der Waals surface area contributed by atoms with E-state index in [0.717, 1.165) is 0 Å². The summed E-state index contributed by atoms with van der Waals surface area (Å²) < 4.78 is 17.7. The molecule has 0 aliphatic heterocycles. The number of carbonyl (C=O) groups excluding carboxylic acids is 1. The summed E-state index contributed by atoms with van der Waals surface area (Å²) in [5.74, 6) is -0.478. The molecule has 1 atom stereocenters. The molecule has 16 heavy (non-hydrogen) atoms. The van der Waals surface area contributed by atoms with Gasteiger partial charge in [0.25, 0.3) is 5.91 Å². The second-order valence-corrected chi connectivity index (χ2v) is 3.73. The van der Waals surface area contributed by atoms with Gasteiger partial charge >= 0.3 is 0 Å². The molecule has 0 bridgehead atoms. The Morgan fingerprint density at radius 1 is 1.44 bits per heavy atom.